The van der Waals surface area contributed by atoms with Crippen LogP contribution in [0.4, 0.5) is 13.6 Å². The van der Waals surface area contributed by atoms with Crippen molar-refractivity contribution in [1.29, 1.82) is 0 Å². The van der Waals surface area contributed by atoms with E-state index in [1.54, 1.807) is 20.8 Å². The number of amides is 1. The van der Waals surface area contributed by atoms with Crippen LogP contribution in [0.25, 0.3) is 0 Å². The first kappa shape index (κ1) is 17.2. The van der Waals surface area contributed by atoms with E-state index in [9.17, 15) is 18.4 Å². The lowest BCUT2D eigenvalue weighted by Gasteiger charge is -2.24. The molecule has 1 unspecified atom stereocenters. The summed E-state index contributed by atoms with van der Waals surface area (Å²) in [4.78, 5) is 24.0. The van der Waals surface area contributed by atoms with E-state index in [2.05, 4.69) is 0 Å². The van der Waals surface area contributed by atoms with Gasteiger partial charge in [-0.2, -0.15) is 0 Å². The fraction of sp³-hybridized carbons (Fsp3) is 0.500. The highest BCUT2D eigenvalue weighted by atomic mass is 19.1. The van der Waals surface area contributed by atoms with Crippen molar-refractivity contribution in [2.75, 3.05) is 13.1 Å². The Balaban J connectivity index is 1.98. The molecule has 1 aromatic carbocycles. The summed E-state index contributed by atoms with van der Waals surface area (Å²) in [7, 11) is 0. The van der Waals surface area contributed by atoms with Crippen molar-refractivity contribution in [3.05, 3.63) is 29.3 Å². The van der Waals surface area contributed by atoms with Gasteiger partial charge in [0.25, 0.3) is 0 Å². The van der Waals surface area contributed by atoms with Gasteiger partial charge in [-0.05, 0) is 20.8 Å². The lowest BCUT2D eigenvalue weighted by Crippen LogP contribution is -2.36. The van der Waals surface area contributed by atoms with Crippen molar-refractivity contribution in [2.45, 2.75) is 38.9 Å². The van der Waals surface area contributed by atoms with Gasteiger partial charge in [0.1, 0.15) is 29.1 Å². The third-order valence-corrected chi connectivity index (χ3v) is 3.27. The minimum atomic E-state index is -0.975. The number of carbonyl (C=O) groups is 2. The van der Waals surface area contributed by atoms with Crippen molar-refractivity contribution in [2.24, 2.45) is 0 Å². The van der Waals surface area contributed by atoms with Gasteiger partial charge in [0.2, 0.25) is 0 Å². The molecule has 1 aromatic rings. The lowest BCUT2D eigenvalue weighted by molar-refractivity contribution is 0.0275. The molecule has 5 nitrogen and oxygen atoms in total. The monoisotopic (exact) mass is 327 g/mol. The minimum Gasteiger partial charge on any atom is -0.488 e. The van der Waals surface area contributed by atoms with Crippen LogP contribution in [0.3, 0.4) is 0 Å². The molecule has 0 spiro atoms. The van der Waals surface area contributed by atoms with Crippen LogP contribution in [0.15, 0.2) is 12.1 Å². The Hall–Kier alpha value is -2.18. The van der Waals surface area contributed by atoms with Gasteiger partial charge in [0.15, 0.2) is 6.29 Å². The van der Waals surface area contributed by atoms with E-state index >= 15 is 0 Å². The fourth-order valence-electron chi connectivity index (χ4n) is 2.25. The minimum absolute atomic E-state index is 0.0124. The number of hydrogen-bond acceptors (Lipinski definition) is 4. The Bertz CT molecular complexity index is 590. The number of aldehydes is 1. The summed E-state index contributed by atoms with van der Waals surface area (Å²) >= 11 is 0. The molecule has 0 bridgehead atoms. The van der Waals surface area contributed by atoms with Gasteiger partial charge in [0.05, 0.1) is 12.1 Å². The number of halogens is 2. The molecule has 1 aliphatic heterocycles. The normalized spacial score (nSPS) is 18.0. The molecule has 1 saturated heterocycles. The molecule has 23 heavy (non-hydrogen) atoms. The molecule has 2 rings (SSSR count). The molecule has 1 aliphatic rings. The predicted octanol–water partition coefficient (Wildman–Crippen LogP) is 3.17. The maximum atomic E-state index is 13.5. The van der Waals surface area contributed by atoms with Crippen molar-refractivity contribution >= 4 is 12.4 Å². The van der Waals surface area contributed by atoms with Gasteiger partial charge in [-0.3, -0.25) is 4.79 Å². The molecule has 0 saturated carbocycles. The van der Waals surface area contributed by atoms with Gasteiger partial charge >= 0.3 is 6.09 Å². The third-order valence-electron chi connectivity index (χ3n) is 3.27. The molecular weight excluding hydrogens is 308 g/mol. The van der Waals surface area contributed by atoms with E-state index in [1.807, 2.05) is 0 Å². The van der Waals surface area contributed by atoms with Gasteiger partial charge in [-0.15, -0.1) is 0 Å². The van der Waals surface area contributed by atoms with Crippen LogP contribution >= 0.6 is 0 Å². The molecule has 1 amide bonds. The predicted molar refractivity (Wildman–Crippen MR) is 78.6 cm³/mol. The van der Waals surface area contributed by atoms with Crippen LogP contribution in [0.5, 0.6) is 5.75 Å². The Morgan fingerprint density at radius 2 is 1.91 bits per heavy atom. The Kier molecular flexibility index (Phi) is 4.87. The number of nitrogens with zero attached hydrogens (tertiary/aromatic N) is 1. The van der Waals surface area contributed by atoms with Crippen molar-refractivity contribution in [3.8, 4) is 5.75 Å². The summed E-state index contributed by atoms with van der Waals surface area (Å²) in [6.45, 7) is 6.03. The zero-order valence-electron chi connectivity index (χ0n) is 13.3. The van der Waals surface area contributed by atoms with E-state index in [1.165, 1.54) is 4.90 Å². The Morgan fingerprint density at radius 1 is 1.30 bits per heavy atom. The van der Waals surface area contributed by atoms with E-state index < -0.39 is 28.9 Å². The molecule has 0 N–H and O–H groups in total. The standard InChI is InChI=1S/C16H19F2NO4/c1-16(2,3)23-15(21)19-5-4-10(8-19)22-11-6-13(17)12(9-20)14(18)7-11/h6-7,9-10H,4-5,8H2,1-3H3. The van der Waals surface area contributed by atoms with Crippen molar-refractivity contribution in [3.63, 3.8) is 0 Å². The number of ether oxygens (including phenoxy) is 2. The van der Waals surface area contributed by atoms with Crippen LogP contribution in [-0.4, -0.2) is 42.1 Å². The van der Waals surface area contributed by atoms with E-state index in [0.29, 0.717) is 13.0 Å². The van der Waals surface area contributed by atoms with Gasteiger partial charge < -0.3 is 14.4 Å². The summed E-state index contributed by atoms with van der Waals surface area (Å²) in [6.07, 6.45) is -0.188. The SMILES string of the molecule is CC(C)(C)OC(=O)N1CCC(Oc2cc(F)c(C=O)c(F)c2)C1. The van der Waals surface area contributed by atoms with Gasteiger partial charge in [-0.1, -0.05) is 0 Å². The van der Waals surface area contributed by atoms with E-state index in [4.69, 9.17) is 9.47 Å². The van der Waals surface area contributed by atoms with Crippen molar-refractivity contribution in [1.82, 2.24) is 4.90 Å². The van der Waals surface area contributed by atoms with Gasteiger partial charge in [-0.25, -0.2) is 13.6 Å². The fourth-order valence-corrected chi connectivity index (χ4v) is 2.25. The quantitative estimate of drug-likeness (QED) is 0.800. The molecule has 7 heteroatoms. The number of likely N-dealkylation sites (tertiary alicyclic amines) is 1. The molecule has 0 aliphatic carbocycles. The zero-order chi connectivity index (χ0) is 17.2. The molecule has 0 aromatic heterocycles. The van der Waals surface area contributed by atoms with Crippen LogP contribution < -0.4 is 4.74 Å². The first-order valence-corrected chi connectivity index (χ1v) is 7.28. The average Bonchev–Trinajstić information content (AvgIpc) is 2.85. The van der Waals surface area contributed by atoms with E-state index in [0.717, 1.165) is 12.1 Å². The second-order valence-corrected chi connectivity index (χ2v) is 6.37. The number of hydrogen-bond donors (Lipinski definition) is 0. The molecule has 1 atom stereocenters. The van der Waals surface area contributed by atoms with Crippen LogP contribution in [0, 0.1) is 11.6 Å². The van der Waals surface area contributed by atoms with Gasteiger partial charge in [0, 0.05) is 25.1 Å². The van der Waals surface area contributed by atoms with Crippen LogP contribution in [-0.2, 0) is 4.74 Å². The number of carbonyl (C=O) groups excluding carboxylic acids is 2. The smallest absolute Gasteiger partial charge is 0.410 e. The number of benzene rings is 1. The largest absolute Gasteiger partial charge is 0.488 e. The second-order valence-electron chi connectivity index (χ2n) is 6.37. The summed E-state index contributed by atoms with van der Waals surface area (Å²) < 4.78 is 37.8. The first-order valence-electron chi connectivity index (χ1n) is 7.28. The highest BCUT2D eigenvalue weighted by Gasteiger charge is 2.31. The van der Waals surface area contributed by atoms with E-state index in [-0.39, 0.29) is 24.7 Å². The highest BCUT2D eigenvalue weighted by Crippen LogP contribution is 2.24. The maximum absolute atomic E-state index is 13.5. The summed E-state index contributed by atoms with van der Waals surface area (Å²) in [6, 6.07) is 1.92. The molecular formula is C16H19F2NO4. The molecule has 0 radical (unpaired) electrons. The molecule has 1 fully saturated rings. The highest BCUT2D eigenvalue weighted by molar-refractivity contribution is 5.76. The zero-order valence-corrected chi connectivity index (χ0v) is 13.3. The third kappa shape index (κ3) is 4.40. The second kappa shape index (κ2) is 6.52. The summed E-state index contributed by atoms with van der Waals surface area (Å²) in [5.41, 5.74) is -1.22. The van der Waals surface area contributed by atoms with Crippen molar-refractivity contribution < 1.29 is 27.8 Å². The number of rotatable bonds is 3. The Morgan fingerprint density at radius 3 is 2.43 bits per heavy atom. The van der Waals surface area contributed by atoms with Crippen LogP contribution in [0.2, 0.25) is 0 Å². The summed E-state index contributed by atoms with van der Waals surface area (Å²) in [5.74, 6) is -1.96. The maximum Gasteiger partial charge on any atom is 0.410 e. The average molecular weight is 327 g/mol. The molecule has 126 valence electrons. The van der Waals surface area contributed by atoms with Crippen LogP contribution in [0.1, 0.15) is 37.6 Å². The lowest BCUT2D eigenvalue weighted by atomic mass is 10.2. The summed E-state index contributed by atoms with van der Waals surface area (Å²) in [5, 5.41) is 0. The molecule has 1 heterocycles. The Labute approximate surface area is 133 Å². The topological polar surface area (TPSA) is 55.8 Å². The first-order chi connectivity index (χ1) is 10.7.